The Labute approximate surface area is 141 Å². The number of likely N-dealkylation sites (N-methyl/N-ethyl adjacent to an activating group) is 1. The first kappa shape index (κ1) is 17.6. The molecule has 1 amide bonds. The standard InChI is InChI=1S/C18H21N3O3/c1-13-7-9-16(10-8-13)19-18(22)12-20(3)14(2)15-5-4-6-17(11-15)21(23)24/h4-11,14H,12H2,1-3H3,(H,19,22)/p+1/t14-/m0/s1. The third-order valence-corrected chi connectivity index (χ3v) is 4.09. The fourth-order valence-corrected chi connectivity index (χ4v) is 2.44. The number of rotatable bonds is 6. The zero-order valence-electron chi connectivity index (χ0n) is 14.1. The van der Waals surface area contributed by atoms with Gasteiger partial charge in [0.25, 0.3) is 11.6 Å². The van der Waals surface area contributed by atoms with Crippen molar-refractivity contribution in [2.24, 2.45) is 0 Å². The lowest BCUT2D eigenvalue weighted by Crippen LogP contribution is -3.10. The van der Waals surface area contributed by atoms with E-state index < -0.39 is 4.92 Å². The van der Waals surface area contributed by atoms with Crippen LogP contribution in [0.3, 0.4) is 0 Å². The Hall–Kier alpha value is -2.73. The molecule has 0 bridgehead atoms. The summed E-state index contributed by atoms with van der Waals surface area (Å²) in [5, 5.41) is 13.8. The highest BCUT2D eigenvalue weighted by molar-refractivity contribution is 5.91. The number of hydrogen-bond acceptors (Lipinski definition) is 3. The van der Waals surface area contributed by atoms with Crippen molar-refractivity contribution >= 4 is 17.3 Å². The van der Waals surface area contributed by atoms with E-state index >= 15 is 0 Å². The van der Waals surface area contributed by atoms with E-state index in [9.17, 15) is 14.9 Å². The number of carbonyl (C=O) groups is 1. The molecule has 0 saturated heterocycles. The molecule has 2 rings (SSSR count). The zero-order chi connectivity index (χ0) is 17.7. The van der Waals surface area contributed by atoms with Crippen LogP contribution in [-0.4, -0.2) is 24.4 Å². The summed E-state index contributed by atoms with van der Waals surface area (Å²) < 4.78 is 0. The summed E-state index contributed by atoms with van der Waals surface area (Å²) in [6, 6.07) is 14.1. The molecule has 0 aliphatic carbocycles. The van der Waals surface area contributed by atoms with E-state index in [1.165, 1.54) is 6.07 Å². The van der Waals surface area contributed by atoms with Gasteiger partial charge in [-0.25, -0.2) is 0 Å². The summed E-state index contributed by atoms with van der Waals surface area (Å²) in [6.07, 6.45) is 0. The molecule has 0 heterocycles. The summed E-state index contributed by atoms with van der Waals surface area (Å²) in [5.41, 5.74) is 2.80. The largest absolute Gasteiger partial charge is 0.324 e. The van der Waals surface area contributed by atoms with Crippen LogP contribution >= 0.6 is 0 Å². The summed E-state index contributed by atoms with van der Waals surface area (Å²) in [5.74, 6) is -0.0892. The van der Waals surface area contributed by atoms with E-state index in [0.29, 0.717) is 0 Å². The quantitative estimate of drug-likeness (QED) is 0.630. The van der Waals surface area contributed by atoms with E-state index in [2.05, 4.69) is 5.32 Å². The SMILES string of the molecule is Cc1ccc(NC(=O)C[NH+](C)[C@@H](C)c2cccc([N+](=O)[O-])c2)cc1. The number of benzene rings is 2. The lowest BCUT2D eigenvalue weighted by Gasteiger charge is -2.21. The number of carbonyl (C=O) groups excluding carboxylic acids is 1. The lowest BCUT2D eigenvalue weighted by atomic mass is 10.1. The van der Waals surface area contributed by atoms with Gasteiger partial charge in [-0.3, -0.25) is 14.9 Å². The van der Waals surface area contributed by atoms with E-state index in [-0.39, 0.29) is 24.2 Å². The van der Waals surface area contributed by atoms with Gasteiger partial charge in [0.05, 0.1) is 12.0 Å². The van der Waals surface area contributed by atoms with E-state index in [0.717, 1.165) is 21.7 Å². The maximum Gasteiger partial charge on any atom is 0.279 e. The van der Waals surface area contributed by atoms with Crippen molar-refractivity contribution in [3.8, 4) is 0 Å². The Bertz CT molecular complexity index is 729. The maximum atomic E-state index is 12.2. The van der Waals surface area contributed by atoms with Crippen LogP contribution in [0.5, 0.6) is 0 Å². The average molecular weight is 328 g/mol. The van der Waals surface area contributed by atoms with Gasteiger partial charge in [-0.05, 0) is 26.0 Å². The number of nitro groups is 1. The number of nitrogens with one attached hydrogen (secondary N) is 2. The molecule has 0 spiro atoms. The summed E-state index contributed by atoms with van der Waals surface area (Å²) >= 11 is 0. The van der Waals surface area contributed by atoms with Crippen molar-refractivity contribution in [2.45, 2.75) is 19.9 Å². The fourth-order valence-electron chi connectivity index (χ4n) is 2.44. The van der Waals surface area contributed by atoms with Gasteiger partial charge in [-0.15, -0.1) is 0 Å². The number of non-ortho nitro benzene ring substituents is 1. The van der Waals surface area contributed by atoms with Gasteiger partial charge in [0.15, 0.2) is 6.54 Å². The maximum absolute atomic E-state index is 12.2. The summed E-state index contributed by atoms with van der Waals surface area (Å²) in [4.78, 5) is 23.6. The molecule has 6 heteroatoms. The van der Waals surface area contributed by atoms with Crippen LogP contribution in [0.25, 0.3) is 0 Å². The normalized spacial score (nSPS) is 13.1. The Morgan fingerprint density at radius 2 is 1.92 bits per heavy atom. The molecule has 0 radical (unpaired) electrons. The Morgan fingerprint density at radius 3 is 2.54 bits per heavy atom. The number of quaternary nitrogens is 1. The highest BCUT2D eigenvalue weighted by atomic mass is 16.6. The van der Waals surface area contributed by atoms with Gasteiger partial charge in [0.2, 0.25) is 0 Å². The molecule has 0 saturated carbocycles. The van der Waals surface area contributed by atoms with E-state index in [4.69, 9.17) is 0 Å². The second kappa shape index (κ2) is 7.70. The molecular formula is C18H22N3O3+. The van der Waals surface area contributed by atoms with E-state index in [1.54, 1.807) is 12.1 Å². The highest BCUT2D eigenvalue weighted by Crippen LogP contribution is 2.17. The predicted octanol–water partition coefficient (Wildman–Crippen LogP) is 2.12. The first-order valence-electron chi connectivity index (χ1n) is 7.80. The van der Waals surface area contributed by atoms with Crippen LogP contribution in [0.15, 0.2) is 48.5 Å². The molecule has 0 fully saturated rings. The molecule has 0 aliphatic rings. The first-order valence-corrected chi connectivity index (χ1v) is 7.80. The van der Waals surface area contributed by atoms with Gasteiger partial charge >= 0.3 is 0 Å². The average Bonchev–Trinajstić information content (AvgIpc) is 2.56. The van der Waals surface area contributed by atoms with Gasteiger partial charge in [-0.2, -0.15) is 0 Å². The molecule has 2 aromatic rings. The second-order valence-electron chi connectivity index (χ2n) is 6.01. The third kappa shape index (κ3) is 4.63. The van der Waals surface area contributed by atoms with Crippen molar-refractivity contribution in [3.05, 3.63) is 69.8 Å². The van der Waals surface area contributed by atoms with Crippen molar-refractivity contribution in [3.63, 3.8) is 0 Å². The zero-order valence-corrected chi connectivity index (χ0v) is 14.1. The van der Waals surface area contributed by atoms with Crippen molar-refractivity contribution in [1.29, 1.82) is 0 Å². The van der Waals surface area contributed by atoms with Crippen LogP contribution in [0.1, 0.15) is 24.1 Å². The van der Waals surface area contributed by atoms with Gasteiger partial charge in [0, 0.05) is 23.4 Å². The number of hydrogen-bond donors (Lipinski definition) is 2. The Kier molecular flexibility index (Phi) is 5.65. The van der Waals surface area contributed by atoms with Crippen LogP contribution in [0, 0.1) is 17.0 Å². The monoisotopic (exact) mass is 328 g/mol. The Morgan fingerprint density at radius 1 is 1.25 bits per heavy atom. The predicted molar refractivity (Wildman–Crippen MR) is 93.1 cm³/mol. The highest BCUT2D eigenvalue weighted by Gasteiger charge is 2.20. The molecule has 2 N–H and O–H groups in total. The second-order valence-corrected chi connectivity index (χ2v) is 6.01. The molecule has 2 atom stereocenters. The van der Waals surface area contributed by atoms with Gasteiger partial charge < -0.3 is 10.2 Å². The van der Waals surface area contributed by atoms with Crippen LogP contribution in [-0.2, 0) is 4.79 Å². The lowest BCUT2D eigenvalue weighted by molar-refractivity contribution is -0.902. The van der Waals surface area contributed by atoms with Crippen molar-refractivity contribution in [1.82, 2.24) is 0 Å². The van der Waals surface area contributed by atoms with E-state index in [1.807, 2.05) is 51.2 Å². The number of nitro benzene ring substituents is 1. The number of nitrogens with zero attached hydrogens (tertiary/aromatic N) is 1. The third-order valence-electron chi connectivity index (χ3n) is 4.09. The number of aryl methyl sites for hydroxylation is 1. The van der Waals surface area contributed by atoms with Crippen molar-refractivity contribution in [2.75, 3.05) is 18.9 Å². The molecule has 1 unspecified atom stereocenters. The molecule has 2 aromatic carbocycles. The van der Waals surface area contributed by atoms with Gasteiger partial charge in [-0.1, -0.05) is 29.8 Å². The minimum Gasteiger partial charge on any atom is -0.324 e. The number of anilines is 1. The minimum atomic E-state index is -0.407. The van der Waals surface area contributed by atoms with Crippen LogP contribution in [0.4, 0.5) is 11.4 Å². The molecular weight excluding hydrogens is 306 g/mol. The minimum absolute atomic E-state index is 0.0336. The molecule has 0 aromatic heterocycles. The Balaban J connectivity index is 1.99. The van der Waals surface area contributed by atoms with Crippen LogP contribution < -0.4 is 10.2 Å². The smallest absolute Gasteiger partial charge is 0.279 e. The molecule has 126 valence electrons. The summed E-state index contributed by atoms with van der Waals surface area (Å²) in [7, 11) is 1.90. The first-order chi connectivity index (χ1) is 11.4. The molecule has 0 aliphatic heterocycles. The van der Waals surface area contributed by atoms with Gasteiger partial charge in [0.1, 0.15) is 6.04 Å². The topological polar surface area (TPSA) is 76.7 Å². The number of amides is 1. The van der Waals surface area contributed by atoms with Crippen LogP contribution in [0.2, 0.25) is 0 Å². The molecule has 6 nitrogen and oxygen atoms in total. The molecule has 24 heavy (non-hydrogen) atoms. The summed E-state index contributed by atoms with van der Waals surface area (Å²) in [6.45, 7) is 4.22. The van der Waals surface area contributed by atoms with Crippen molar-refractivity contribution < 1.29 is 14.6 Å². The fraction of sp³-hybridized carbons (Fsp3) is 0.278.